The second kappa shape index (κ2) is 7.17. The van der Waals surface area contributed by atoms with Crippen LogP contribution in [0.3, 0.4) is 0 Å². The second-order valence-electron chi connectivity index (χ2n) is 6.71. The molecule has 1 aliphatic rings. The molecule has 6 nitrogen and oxygen atoms in total. The van der Waals surface area contributed by atoms with Crippen LogP contribution in [0, 0.1) is 0 Å². The molecule has 3 N–H and O–H groups in total. The lowest BCUT2D eigenvalue weighted by Crippen LogP contribution is -2.35. The Kier molecular flexibility index (Phi) is 4.58. The Hall–Kier alpha value is -2.86. The second-order valence-corrected chi connectivity index (χ2v) is 6.71. The van der Waals surface area contributed by atoms with Crippen LogP contribution < -0.4 is 15.5 Å². The quantitative estimate of drug-likeness (QED) is 0.630. The van der Waals surface area contributed by atoms with E-state index in [4.69, 9.17) is 4.98 Å². The molecular formula is C20H23N5O. The van der Waals surface area contributed by atoms with Gasteiger partial charge in [0.25, 0.3) is 0 Å². The third kappa shape index (κ3) is 3.55. The number of aromatic nitrogens is 2. The molecule has 1 atom stereocenters. The summed E-state index contributed by atoms with van der Waals surface area (Å²) in [4.78, 5) is 11.8. The number of phenolic OH excluding ortho intramolecular Hbond substituents is 1. The number of aromatic hydroxyl groups is 1. The van der Waals surface area contributed by atoms with Gasteiger partial charge in [0.1, 0.15) is 11.6 Å². The normalized spacial score (nSPS) is 17.9. The van der Waals surface area contributed by atoms with E-state index >= 15 is 0 Å². The van der Waals surface area contributed by atoms with Crippen molar-refractivity contribution in [3.05, 3.63) is 48.5 Å². The van der Waals surface area contributed by atoms with Crippen LogP contribution in [0.1, 0.15) is 13.3 Å². The molecule has 26 heavy (non-hydrogen) atoms. The van der Waals surface area contributed by atoms with E-state index in [1.54, 1.807) is 12.1 Å². The molecule has 3 aromatic rings. The lowest BCUT2D eigenvalue weighted by Gasteiger charge is -2.25. The van der Waals surface area contributed by atoms with Gasteiger partial charge in [0, 0.05) is 30.2 Å². The molecule has 1 saturated heterocycles. The number of para-hydroxylation sites is 1. The first-order valence-electron chi connectivity index (χ1n) is 9.00. The van der Waals surface area contributed by atoms with Crippen molar-refractivity contribution < 1.29 is 5.11 Å². The topological polar surface area (TPSA) is 73.3 Å². The number of phenols is 1. The van der Waals surface area contributed by atoms with E-state index < -0.39 is 0 Å². The molecule has 0 saturated carbocycles. The van der Waals surface area contributed by atoms with Gasteiger partial charge < -0.3 is 20.6 Å². The largest absolute Gasteiger partial charge is 0.508 e. The summed E-state index contributed by atoms with van der Waals surface area (Å²) in [5, 5.41) is 17.3. The van der Waals surface area contributed by atoms with Crippen molar-refractivity contribution in [2.24, 2.45) is 0 Å². The molecule has 1 aliphatic heterocycles. The maximum atomic E-state index is 9.46. The number of hydrogen-bond acceptors (Lipinski definition) is 6. The average molecular weight is 349 g/mol. The molecule has 134 valence electrons. The molecule has 0 aliphatic carbocycles. The molecule has 0 radical (unpaired) electrons. The first kappa shape index (κ1) is 16.6. The van der Waals surface area contributed by atoms with Crippen molar-refractivity contribution in [1.29, 1.82) is 0 Å². The van der Waals surface area contributed by atoms with Gasteiger partial charge in [-0.3, -0.25) is 0 Å². The molecule has 0 bridgehead atoms. The first-order chi connectivity index (χ1) is 12.7. The minimum Gasteiger partial charge on any atom is -0.508 e. The summed E-state index contributed by atoms with van der Waals surface area (Å²) in [6.45, 7) is 5.12. The summed E-state index contributed by atoms with van der Waals surface area (Å²) >= 11 is 0. The van der Waals surface area contributed by atoms with Crippen molar-refractivity contribution in [3.8, 4) is 5.75 Å². The molecule has 1 aromatic heterocycles. The monoisotopic (exact) mass is 349 g/mol. The van der Waals surface area contributed by atoms with E-state index in [1.807, 2.05) is 30.3 Å². The zero-order chi connectivity index (χ0) is 17.9. The van der Waals surface area contributed by atoms with Crippen LogP contribution in [-0.4, -0.2) is 40.8 Å². The van der Waals surface area contributed by atoms with Crippen LogP contribution in [-0.2, 0) is 0 Å². The van der Waals surface area contributed by atoms with Gasteiger partial charge in [-0.05, 0) is 56.3 Å². The van der Waals surface area contributed by atoms with Crippen LogP contribution >= 0.6 is 0 Å². The van der Waals surface area contributed by atoms with Crippen molar-refractivity contribution in [1.82, 2.24) is 15.3 Å². The van der Waals surface area contributed by atoms with Crippen molar-refractivity contribution in [3.63, 3.8) is 0 Å². The Morgan fingerprint density at radius 1 is 1.12 bits per heavy atom. The van der Waals surface area contributed by atoms with Crippen molar-refractivity contribution >= 4 is 28.4 Å². The highest BCUT2D eigenvalue weighted by molar-refractivity contribution is 5.90. The molecule has 0 unspecified atom stereocenters. The molecule has 1 fully saturated rings. The zero-order valence-corrected chi connectivity index (χ0v) is 14.8. The van der Waals surface area contributed by atoms with E-state index in [2.05, 4.69) is 33.5 Å². The molecule has 2 aromatic carbocycles. The van der Waals surface area contributed by atoms with Gasteiger partial charge >= 0.3 is 0 Å². The number of nitrogens with one attached hydrogen (secondary N) is 2. The van der Waals surface area contributed by atoms with Crippen LogP contribution in [0.2, 0.25) is 0 Å². The Morgan fingerprint density at radius 3 is 2.77 bits per heavy atom. The SMILES string of the molecule is C[C@H]1CN(c2nc(Nc3ccc(O)cc3)nc3ccccc23)CCCN1. The van der Waals surface area contributed by atoms with E-state index in [1.165, 1.54) is 0 Å². The van der Waals surface area contributed by atoms with Crippen LogP contribution in [0.4, 0.5) is 17.5 Å². The minimum atomic E-state index is 0.238. The van der Waals surface area contributed by atoms with Crippen molar-refractivity contribution in [2.75, 3.05) is 29.9 Å². The lowest BCUT2D eigenvalue weighted by atomic mass is 10.2. The molecule has 6 heteroatoms. The Bertz CT molecular complexity index is 896. The predicted molar refractivity (Wildman–Crippen MR) is 105 cm³/mol. The lowest BCUT2D eigenvalue weighted by molar-refractivity contribution is 0.475. The highest BCUT2D eigenvalue weighted by Gasteiger charge is 2.19. The highest BCUT2D eigenvalue weighted by atomic mass is 16.3. The summed E-state index contributed by atoms with van der Waals surface area (Å²) in [7, 11) is 0. The fourth-order valence-corrected chi connectivity index (χ4v) is 3.33. The summed E-state index contributed by atoms with van der Waals surface area (Å²) in [5.74, 6) is 1.77. The van der Waals surface area contributed by atoms with Gasteiger partial charge in [-0.25, -0.2) is 4.98 Å². The first-order valence-corrected chi connectivity index (χ1v) is 9.00. The van der Waals surface area contributed by atoms with Crippen molar-refractivity contribution in [2.45, 2.75) is 19.4 Å². The maximum absolute atomic E-state index is 9.46. The van der Waals surface area contributed by atoms with E-state index in [-0.39, 0.29) is 5.75 Å². The summed E-state index contributed by atoms with van der Waals surface area (Å²) < 4.78 is 0. The molecule has 0 spiro atoms. The Morgan fingerprint density at radius 2 is 1.92 bits per heavy atom. The number of fused-ring (bicyclic) bond motifs is 1. The van der Waals surface area contributed by atoms with E-state index in [0.29, 0.717) is 12.0 Å². The molecule has 4 rings (SSSR count). The van der Waals surface area contributed by atoms with E-state index in [9.17, 15) is 5.11 Å². The summed E-state index contributed by atoms with van der Waals surface area (Å²) in [6, 6.07) is 15.5. The fourth-order valence-electron chi connectivity index (χ4n) is 3.33. The maximum Gasteiger partial charge on any atom is 0.229 e. The van der Waals surface area contributed by atoms with Gasteiger partial charge in [0.2, 0.25) is 5.95 Å². The van der Waals surface area contributed by atoms with Gasteiger partial charge in [-0.15, -0.1) is 0 Å². The Balaban J connectivity index is 1.74. The van der Waals surface area contributed by atoms with Gasteiger partial charge in [-0.1, -0.05) is 12.1 Å². The molecular weight excluding hydrogens is 326 g/mol. The third-order valence-corrected chi connectivity index (χ3v) is 4.60. The summed E-state index contributed by atoms with van der Waals surface area (Å²) in [6.07, 6.45) is 1.09. The number of benzene rings is 2. The van der Waals surface area contributed by atoms with Gasteiger partial charge in [-0.2, -0.15) is 4.98 Å². The number of anilines is 3. The van der Waals surface area contributed by atoms with Crippen LogP contribution in [0.15, 0.2) is 48.5 Å². The summed E-state index contributed by atoms with van der Waals surface area (Å²) in [5.41, 5.74) is 1.76. The molecule has 0 amide bonds. The highest BCUT2D eigenvalue weighted by Crippen LogP contribution is 2.27. The van der Waals surface area contributed by atoms with Crippen LogP contribution in [0.25, 0.3) is 10.9 Å². The predicted octanol–water partition coefficient (Wildman–Crippen LogP) is 3.27. The molecule has 2 heterocycles. The number of hydrogen-bond donors (Lipinski definition) is 3. The average Bonchev–Trinajstić information content (AvgIpc) is 2.87. The fraction of sp³-hybridized carbons (Fsp3) is 0.300. The Labute approximate surface area is 152 Å². The van der Waals surface area contributed by atoms with Gasteiger partial charge in [0.05, 0.1) is 5.52 Å². The van der Waals surface area contributed by atoms with E-state index in [0.717, 1.165) is 48.5 Å². The standard InChI is InChI=1S/C20H23N5O/c1-14-13-25(12-4-11-21-14)19-17-5-2-3-6-18(17)23-20(24-19)22-15-7-9-16(26)10-8-15/h2-3,5-10,14,21,26H,4,11-13H2,1H3,(H,22,23,24)/t14-/m0/s1. The van der Waals surface area contributed by atoms with Gasteiger partial charge in [0.15, 0.2) is 0 Å². The number of rotatable bonds is 3. The van der Waals surface area contributed by atoms with Crippen LogP contribution in [0.5, 0.6) is 5.75 Å². The smallest absolute Gasteiger partial charge is 0.229 e. The minimum absolute atomic E-state index is 0.238. The number of nitrogens with zero attached hydrogens (tertiary/aromatic N) is 3. The zero-order valence-electron chi connectivity index (χ0n) is 14.8. The third-order valence-electron chi connectivity index (χ3n) is 4.60.